The smallest absolute Gasteiger partial charge is 0.236 e. The van der Waals surface area contributed by atoms with Crippen molar-refractivity contribution in [2.45, 2.75) is 32.7 Å². The summed E-state index contributed by atoms with van der Waals surface area (Å²) in [6.07, 6.45) is 1.62. The minimum Gasteiger partial charge on any atom is -0.354 e. The van der Waals surface area contributed by atoms with Crippen molar-refractivity contribution in [3.63, 3.8) is 0 Å². The lowest BCUT2D eigenvalue weighted by Gasteiger charge is -2.13. The molecule has 0 aromatic carbocycles. The Bertz CT molecular complexity index is 309. The summed E-state index contributed by atoms with van der Waals surface area (Å²) in [4.78, 5) is 11.6. The number of nitrogens with one attached hydrogen (secondary N) is 1. The minimum atomic E-state index is -0.373. The van der Waals surface area contributed by atoms with Gasteiger partial charge in [-0.3, -0.25) is 4.79 Å². The Morgan fingerprint density at radius 3 is 2.88 bits per heavy atom. The van der Waals surface area contributed by atoms with Gasteiger partial charge in [-0.1, -0.05) is 13.8 Å². The van der Waals surface area contributed by atoms with Gasteiger partial charge < -0.3 is 11.1 Å². The molecule has 0 spiro atoms. The first-order chi connectivity index (χ1) is 7.59. The van der Waals surface area contributed by atoms with Crippen LogP contribution in [0, 0.1) is 5.92 Å². The van der Waals surface area contributed by atoms with Crippen LogP contribution in [0.2, 0.25) is 0 Å². The molecule has 0 bridgehead atoms. The molecule has 0 aliphatic carbocycles. The first-order valence-electron chi connectivity index (χ1n) is 5.64. The Kier molecular flexibility index (Phi) is 5.49. The second-order valence-corrected chi connectivity index (χ2v) is 5.19. The molecule has 1 amide bonds. The molecule has 1 aromatic heterocycles. The fourth-order valence-corrected chi connectivity index (χ4v) is 2.21. The third-order valence-corrected chi connectivity index (χ3v) is 3.09. The van der Waals surface area contributed by atoms with Crippen molar-refractivity contribution in [2.24, 2.45) is 11.7 Å². The molecule has 0 aliphatic heterocycles. The maximum Gasteiger partial charge on any atom is 0.236 e. The van der Waals surface area contributed by atoms with Crippen LogP contribution in [0.5, 0.6) is 0 Å². The van der Waals surface area contributed by atoms with Crippen molar-refractivity contribution in [1.29, 1.82) is 0 Å². The fourth-order valence-electron chi connectivity index (χ4n) is 1.51. The molecular formula is C12H20N2OS. The van der Waals surface area contributed by atoms with Crippen molar-refractivity contribution < 1.29 is 4.79 Å². The molecule has 0 aliphatic rings. The van der Waals surface area contributed by atoms with Crippen molar-refractivity contribution in [1.82, 2.24) is 5.32 Å². The Morgan fingerprint density at radius 1 is 1.56 bits per heavy atom. The van der Waals surface area contributed by atoms with E-state index in [2.05, 4.69) is 30.6 Å². The molecule has 4 heteroatoms. The summed E-state index contributed by atoms with van der Waals surface area (Å²) in [7, 11) is 0. The number of thiophene rings is 1. The van der Waals surface area contributed by atoms with E-state index in [1.54, 1.807) is 11.3 Å². The zero-order valence-corrected chi connectivity index (χ0v) is 10.7. The zero-order chi connectivity index (χ0) is 12.0. The molecule has 0 radical (unpaired) electrons. The lowest BCUT2D eigenvalue weighted by atomic mass is 10.0. The van der Waals surface area contributed by atoms with E-state index in [-0.39, 0.29) is 11.9 Å². The summed E-state index contributed by atoms with van der Waals surface area (Å²) in [5.74, 6) is 0.418. The molecule has 1 atom stereocenters. The third kappa shape index (κ3) is 4.77. The fraction of sp³-hybridized carbons (Fsp3) is 0.583. The second kappa shape index (κ2) is 6.66. The van der Waals surface area contributed by atoms with Crippen LogP contribution in [0.4, 0.5) is 0 Å². The Balaban J connectivity index is 2.19. The first-order valence-corrected chi connectivity index (χ1v) is 6.58. The molecule has 3 N–H and O–H groups in total. The number of hydrogen-bond acceptors (Lipinski definition) is 3. The lowest BCUT2D eigenvalue weighted by molar-refractivity contribution is -0.122. The van der Waals surface area contributed by atoms with Gasteiger partial charge in [-0.25, -0.2) is 0 Å². The summed E-state index contributed by atoms with van der Waals surface area (Å²) in [5, 5.41) is 7.01. The topological polar surface area (TPSA) is 55.1 Å². The van der Waals surface area contributed by atoms with E-state index >= 15 is 0 Å². The van der Waals surface area contributed by atoms with Gasteiger partial charge in [0.1, 0.15) is 0 Å². The van der Waals surface area contributed by atoms with Gasteiger partial charge in [0.05, 0.1) is 6.04 Å². The second-order valence-electron chi connectivity index (χ2n) is 4.41. The van der Waals surface area contributed by atoms with Crippen LogP contribution in [0.1, 0.15) is 25.8 Å². The Labute approximate surface area is 101 Å². The Morgan fingerprint density at radius 2 is 2.31 bits per heavy atom. The van der Waals surface area contributed by atoms with Gasteiger partial charge in [-0.05, 0) is 41.1 Å². The zero-order valence-electron chi connectivity index (χ0n) is 9.90. The van der Waals surface area contributed by atoms with Crippen LogP contribution >= 0.6 is 11.3 Å². The van der Waals surface area contributed by atoms with E-state index in [1.165, 1.54) is 5.56 Å². The molecule has 0 fully saturated rings. The monoisotopic (exact) mass is 240 g/mol. The first kappa shape index (κ1) is 13.2. The van der Waals surface area contributed by atoms with Crippen molar-refractivity contribution in [3.05, 3.63) is 22.4 Å². The van der Waals surface area contributed by atoms with Crippen molar-refractivity contribution >= 4 is 17.2 Å². The van der Waals surface area contributed by atoms with Crippen LogP contribution in [-0.4, -0.2) is 18.5 Å². The van der Waals surface area contributed by atoms with E-state index in [0.29, 0.717) is 12.5 Å². The number of amides is 1. The summed E-state index contributed by atoms with van der Waals surface area (Å²) >= 11 is 1.68. The number of nitrogens with two attached hydrogens (primary N) is 1. The van der Waals surface area contributed by atoms with Crippen LogP contribution in [0.25, 0.3) is 0 Å². The third-order valence-electron chi connectivity index (χ3n) is 2.36. The average Bonchev–Trinajstić information content (AvgIpc) is 2.69. The highest BCUT2D eigenvalue weighted by molar-refractivity contribution is 7.07. The van der Waals surface area contributed by atoms with Gasteiger partial charge in [0, 0.05) is 6.54 Å². The number of rotatable bonds is 6. The SMILES string of the molecule is CC(C)C[C@H](N)C(=O)NCCc1ccsc1. The molecule has 0 saturated carbocycles. The molecule has 3 nitrogen and oxygen atoms in total. The van der Waals surface area contributed by atoms with E-state index < -0.39 is 0 Å². The molecule has 16 heavy (non-hydrogen) atoms. The molecule has 0 saturated heterocycles. The quantitative estimate of drug-likeness (QED) is 0.796. The minimum absolute atomic E-state index is 0.0380. The number of hydrogen-bond donors (Lipinski definition) is 2. The van der Waals surface area contributed by atoms with Crippen LogP contribution in [-0.2, 0) is 11.2 Å². The largest absolute Gasteiger partial charge is 0.354 e. The summed E-state index contributed by atoms with van der Waals surface area (Å²) in [6, 6.07) is 1.70. The highest BCUT2D eigenvalue weighted by atomic mass is 32.1. The van der Waals surface area contributed by atoms with Gasteiger partial charge in [-0.15, -0.1) is 0 Å². The highest BCUT2D eigenvalue weighted by Crippen LogP contribution is 2.06. The molecule has 1 aromatic rings. The normalized spacial score (nSPS) is 12.8. The van der Waals surface area contributed by atoms with Gasteiger partial charge in [0.2, 0.25) is 5.91 Å². The lowest BCUT2D eigenvalue weighted by Crippen LogP contribution is -2.42. The number of carbonyl (C=O) groups excluding carboxylic acids is 1. The molecule has 0 unspecified atom stereocenters. The van der Waals surface area contributed by atoms with Gasteiger partial charge >= 0.3 is 0 Å². The van der Waals surface area contributed by atoms with E-state index in [4.69, 9.17) is 5.73 Å². The molecular weight excluding hydrogens is 220 g/mol. The van der Waals surface area contributed by atoms with Crippen molar-refractivity contribution in [2.75, 3.05) is 6.54 Å². The molecule has 90 valence electrons. The predicted molar refractivity (Wildman–Crippen MR) is 68.5 cm³/mol. The van der Waals surface area contributed by atoms with Crippen LogP contribution in [0.3, 0.4) is 0 Å². The standard InChI is InChI=1S/C12H20N2OS/c1-9(2)7-11(13)12(15)14-5-3-10-4-6-16-8-10/h4,6,8-9,11H,3,5,7,13H2,1-2H3,(H,14,15)/t11-/m0/s1. The van der Waals surface area contributed by atoms with E-state index in [9.17, 15) is 4.79 Å². The summed E-state index contributed by atoms with van der Waals surface area (Å²) in [5.41, 5.74) is 7.03. The van der Waals surface area contributed by atoms with Crippen LogP contribution in [0.15, 0.2) is 16.8 Å². The highest BCUT2D eigenvalue weighted by Gasteiger charge is 2.13. The van der Waals surface area contributed by atoms with Gasteiger partial charge in [0.25, 0.3) is 0 Å². The molecule has 1 heterocycles. The maximum atomic E-state index is 11.6. The summed E-state index contributed by atoms with van der Waals surface area (Å²) in [6.45, 7) is 4.80. The van der Waals surface area contributed by atoms with E-state index in [0.717, 1.165) is 12.8 Å². The predicted octanol–water partition coefficient (Wildman–Crippen LogP) is 1.78. The maximum absolute atomic E-state index is 11.6. The average molecular weight is 240 g/mol. The summed E-state index contributed by atoms with van der Waals surface area (Å²) < 4.78 is 0. The van der Waals surface area contributed by atoms with Crippen molar-refractivity contribution in [3.8, 4) is 0 Å². The van der Waals surface area contributed by atoms with E-state index in [1.807, 2.05) is 5.38 Å². The molecule has 1 rings (SSSR count). The van der Waals surface area contributed by atoms with Gasteiger partial charge in [-0.2, -0.15) is 11.3 Å². The Hall–Kier alpha value is -0.870. The van der Waals surface area contributed by atoms with Gasteiger partial charge in [0.15, 0.2) is 0 Å². The van der Waals surface area contributed by atoms with Crippen LogP contribution < -0.4 is 11.1 Å². The number of carbonyl (C=O) groups is 1.